The summed E-state index contributed by atoms with van der Waals surface area (Å²) >= 11 is 1.31. The van der Waals surface area contributed by atoms with Crippen molar-refractivity contribution in [1.29, 1.82) is 0 Å². The van der Waals surface area contributed by atoms with E-state index >= 15 is 0 Å². The number of aromatic nitrogens is 2. The molecule has 3 amide bonds. The van der Waals surface area contributed by atoms with Gasteiger partial charge in [-0.2, -0.15) is 0 Å². The van der Waals surface area contributed by atoms with Gasteiger partial charge in [0, 0.05) is 12.3 Å². The number of amides is 3. The molecule has 1 N–H and O–H groups in total. The van der Waals surface area contributed by atoms with Crippen LogP contribution in [0.3, 0.4) is 0 Å². The van der Waals surface area contributed by atoms with Crippen molar-refractivity contribution in [2.45, 2.75) is 38.6 Å². The van der Waals surface area contributed by atoms with Crippen LogP contribution in [-0.2, 0) is 20.8 Å². The van der Waals surface area contributed by atoms with Gasteiger partial charge < -0.3 is 0 Å². The quantitative estimate of drug-likeness (QED) is 0.555. The first kappa shape index (κ1) is 20.1. The molecule has 1 aromatic heterocycles. The zero-order valence-corrected chi connectivity index (χ0v) is 18.2. The number of anilines is 1. The number of imide groups is 1. The summed E-state index contributed by atoms with van der Waals surface area (Å²) in [5.74, 6) is -1.09. The Morgan fingerprint density at radius 3 is 2.32 bits per heavy atom. The van der Waals surface area contributed by atoms with E-state index in [9.17, 15) is 14.4 Å². The van der Waals surface area contributed by atoms with Crippen LogP contribution in [0.5, 0.6) is 0 Å². The van der Waals surface area contributed by atoms with Gasteiger partial charge in [-0.1, -0.05) is 67.7 Å². The summed E-state index contributed by atoms with van der Waals surface area (Å²) in [5.41, 5.74) is 0.890. The molecule has 3 aliphatic rings. The third kappa shape index (κ3) is 3.39. The highest BCUT2D eigenvalue weighted by atomic mass is 32.1. The van der Waals surface area contributed by atoms with Gasteiger partial charge in [0.1, 0.15) is 11.0 Å². The molecular formula is C23H24N4O3S. The first-order valence-corrected chi connectivity index (χ1v) is 11.5. The summed E-state index contributed by atoms with van der Waals surface area (Å²) in [6.45, 7) is 4.01. The van der Waals surface area contributed by atoms with Crippen LogP contribution in [0.1, 0.15) is 36.8 Å². The lowest BCUT2D eigenvalue weighted by molar-refractivity contribution is -0.147. The predicted molar refractivity (Wildman–Crippen MR) is 116 cm³/mol. The summed E-state index contributed by atoms with van der Waals surface area (Å²) in [4.78, 5) is 41.2. The molecule has 5 rings (SSSR count). The molecule has 1 aromatic carbocycles. The Balaban J connectivity index is 1.44. The van der Waals surface area contributed by atoms with E-state index in [1.807, 2.05) is 44.2 Å². The highest BCUT2D eigenvalue weighted by Crippen LogP contribution is 2.53. The second-order valence-electron chi connectivity index (χ2n) is 8.84. The smallest absolute Gasteiger partial charge is 0.249 e. The second-order valence-corrected chi connectivity index (χ2v) is 9.85. The van der Waals surface area contributed by atoms with Gasteiger partial charge in [0.2, 0.25) is 22.9 Å². The molecule has 2 heterocycles. The third-order valence-corrected chi connectivity index (χ3v) is 7.69. The molecule has 160 valence electrons. The van der Waals surface area contributed by atoms with Crippen LogP contribution in [0, 0.1) is 23.7 Å². The molecule has 0 unspecified atom stereocenters. The second kappa shape index (κ2) is 7.67. The number of allylic oxidation sites excluding steroid dienone is 2. The van der Waals surface area contributed by atoms with Crippen molar-refractivity contribution in [3.8, 4) is 0 Å². The van der Waals surface area contributed by atoms with Crippen LogP contribution in [0.2, 0.25) is 0 Å². The molecule has 2 aromatic rings. The Kier molecular flexibility index (Phi) is 4.97. The fraction of sp³-hybridized carbons (Fsp3) is 0.435. The van der Waals surface area contributed by atoms with Gasteiger partial charge in [-0.05, 0) is 23.8 Å². The lowest BCUT2D eigenvalue weighted by Crippen LogP contribution is -2.49. The van der Waals surface area contributed by atoms with Crippen molar-refractivity contribution in [3.63, 3.8) is 0 Å². The molecular weight excluding hydrogens is 412 g/mol. The van der Waals surface area contributed by atoms with Crippen LogP contribution < -0.4 is 5.32 Å². The summed E-state index contributed by atoms with van der Waals surface area (Å²) in [6, 6.07) is 8.55. The lowest BCUT2D eigenvalue weighted by atomic mass is 9.85. The fourth-order valence-electron chi connectivity index (χ4n) is 5.08. The molecule has 1 saturated carbocycles. The summed E-state index contributed by atoms with van der Waals surface area (Å²) in [6.07, 6.45) is 5.24. The SMILES string of the molecule is CC(C)c1nnc(NC(=O)[C@@H](Cc2ccccc2)N2C(=O)[C@@H]3[C@H](C2=O)[C@H]2C=C[C@H]3C2)s1. The monoisotopic (exact) mass is 436 g/mol. The van der Waals surface area contributed by atoms with Gasteiger partial charge in [0.15, 0.2) is 0 Å². The molecule has 8 heteroatoms. The fourth-order valence-corrected chi connectivity index (χ4v) is 5.83. The standard InChI is InChI=1S/C23H24N4O3S/c1-12(2)20-25-26-23(31-20)24-19(28)16(10-13-6-4-3-5-7-13)27-21(29)17-14-8-9-15(11-14)18(17)22(27)30/h3-9,12,14-18H,10-11H2,1-2H3,(H,24,26,28)/t14-,15-,16+,17-,18+/m0/s1. The summed E-state index contributed by atoms with van der Waals surface area (Å²) in [5, 5.41) is 12.2. The van der Waals surface area contributed by atoms with Crippen molar-refractivity contribution in [2.75, 3.05) is 5.32 Å². The highest BCUT2D eigenvalue weighted by Gasteiger charge is 2.61. The van der Waals surface area contributed by atoms with Crippen LogP contribution in [-0.4, -0.2) is 38.9 Å². The molecule has 0 radical (unpaired) electrons. The minimum atomic E-state index is -0.918. The number of hydrogen-bond acceptors (Lipinski definition) is 6. The van der Waals surface area contributed by atoms with Crippen LogP contribution in [0.15, 0.2) is 42.5 Å². The number of nitrogens with one attached hydrogen (secondary N) is 1. The van der Waals surface area contributed by atoms with Crippen molar-refractivity contribution < 1.29 is 14.4 Å². The number of rotatable bonds is 6. The summed E-state index contributed by atoms with van der Waals surface area (Å²) in [7, 11) is 0. The van der Waals surface area contributed by atoms with Crippen molar-refractivity contribution in [3.05, 3.63) is 53.1 Å². The van der Waals surface area contributed by atoms with Crippen LogP contribution >= 0.6 is 11.3 Å². The van der Waals surface area contributed by atoms with Crippen LogP contribution in [0.25, 0.3) is 0 Å². The number of carbonyl (C=O) groups is 3. The van der Waals surface area contributed by atoms with Gasteiger partial charge in [-0.25, -0.2) is 0 Å². The maximum atomic E-state index is 13.3. The molecule has 0 spiro atoms. The molecule has 2 fully saturated rings. The number of benzene rings is 1. The Morgan fingerprint density at radius 2 is 1.74 bits per heavy atom. The van der Waals surface area contributed by atoms with E-state index in [0.717, 1.165) is 17.0 Å². The van der Waals surface area contributed by atoms with E-state index in [-0.39, 0.29) is 47.8 Å². The molecule has 7 nitrogen and oxygen atoms in total. The number of nitrogens with zero attached hydrogens (tertiary/aromatic N) is 3. The van der Waals surface area contributed by atoms with E-state index in [2.05, 4.69) is 27.7 Å². The van der Waals surface area contributed by atoms with Gasteiger partial charge in [-0.3, -0.25) is 24.6 Å². The first-order valence-electron chi connectivity index (χ1n) is 10.7. The number of hydrogen-bond donors (Lipinski definition) is 1. The van der Waals surface area contributed by atoms with Gasteiger partial charge >= 0.3 is 0 Å². The Bertz CT molecular complexity index is 1030. The zero-order chi connectivity index (χ0) is 21.7. The maximum absolute atomic E-state index is 13.3. The van der Waals surface area contributed by atoms with Crippen molar-refractivity contribution >= 4 is 34.2 Å². The van der Waals surface area contributed by atoms with Gasteiger partial charge in [0.05, 0.1) is 11.8 Å². The molecule has 2 aliphatic carbocycles. The van der Waals surface area contributed by atoms with E-state index in [4.69, 9.17) is 0 Å². The highest BCUT2D eigenvalue weighted by molar-refractivity contribution is 7.15. The Labute approximate surface area is 184 Å². The molecule has 2 bridgehead atoms. The zero-order valence-electron chi connectivity index (χ0n) is 17.4. The summed E-state index contributed by atoms with van der Waals surface area (Å²) < 4.78 is 0. The minimum absolute atomic E-state index is 0.105. The normalized spacial score (nSPS) is 27.3. The molecule has 31 heavy (non-hydrogen) atoms. The predicted octanol–water partition coefficient (Wildman–Crippen LogP) is 3.02. The van der Waals surface area contributed by atoms with E-state index in [1.54, 1.807) is 0 Å². The molecule has 1 aliphatic heterocycles. The number of fused-ring (bicyclic) bond motifs is 5. The maximum Gasteiger partial charge on any atom is 0.249 e. The number of likely N-dealkylation sites (tertiary alicyclic amines) is 1. The molecule has 1 saturated heterocycles. The lowest BCUT2D eigenvalue weighted by Gasteiger charge is -2.26. The average molecular weight is 437 g/mol. The van der Waals surface area contributed by atoms with E-state index in [0.29, 0.717) is 5.13 Å². The van der Waals surface area contributed by atoms with E-state index < -0.39 is 11.9 Å². The third-order valence-electron chi connectivity index (χ3n) is 6.56. The number of carbonyl (C=O) groups excluding carboxylic acids is 3. The average Bonchev–Trinajstić information content (AvgIpc) is 3.52. The van der Waals surface area contributed by atoms with Crippen molar-refractivity contribution in [1.82, 2.24) is 15.1 Å². The molecule has 5 atom stereocenters. The minimum Gasteiger partial charge on any atom is -0.299 e. The first-order chi connectivity index (χ1) is 14.9. The largest absolute Gasteiger partial charge is 0.299 e. The van der Waals surface area contributed by atoms with Gasteiger partial charge in [0.25, 0.3) is 0 Å². The Hall–Kier alpha value is -2.87. The Morgan fingerprint density at radius 1 is 1.10 bits per heavy atom. The topological polar surface area (TPSA) is 92.3 Å². The van der Waals surface area contributed by atoms with E-state index in [1.165, 1.54) is 16.2 Å². The van der Waals surface area contributed by atoms with Crippen molar-refractivity contribution in [2.24, 2.45) is 23.7 Å². The van der Waals surface area contributed by atoms with Crippen LogP contribution in [0.4, 0.5) is 5.13 Å². The van der Waals surface area contributed by atoms with Gasteiger partial charge in [-0.15, -0.1) is 10.2 Å².